The van der Waals surface area contributed by atoms with Gasteiger partial charge in [0, 0.05) is 13.7 Å². The topological polar surface area (TPSA) is 76.1 Å². The molecule has 0 bridgehead atoms. The van der Waals surface area contributed by atoms with E-state index in [-0.39, 0.29) is 11.9 Å². The fraction of sp³-hybridized carbons (Fsp3) is 0.588. The minimum absolute atomic E-state index is 0.0289. The quantitative estimate of drug-likeness (QED) is 0.678. The Morgan fingerprint density at radius 3 is 2.83 bits per heavy atom. The third-order valence-corrected chi connectivity index (χ3v) is 5.15. The van der Waals surface area contributed by atoms with Crippen molar-refractivity contribution in [1.82, 2.24) is 15.3 Å². The first-order chi connectivity index (χ1) is 11.6. The maximum atomic E-state index is 12.4. The Morgan fingerprint density at radius 1 is 1.38 bits per heavy atom. The first kappa shape index (κ1) is 18.6. The number of thiophene rings is 1. The molecule has 24 heavy (non-hydrogen) atoms. The van der Waals surface area contributed by atoms with E-state index in [9.17, 15) is 4.79 Å². The molecule has 2 heterocycles. The maximum Gasteiger partial charge on any atom is 0.261 e. The van der Waals surface area contributed by atoms with Gasteiger partial charge in [-0.15, -0.1) is 11.3 Å². The molecule has 0 aromatic carbocycles. The molecule has 2 aromatic heterocycles. The third kappa shape index (κ3) is 4.21. The van der Waals surface area contributed by atoms with Crippen LogP contribution in [0.4, 0.5) is 5.82 Å². The van der Waals surface area contributed by atoms with Crippen LogP contribution in [0, 0.1) is 6.92 Å². The standard InChI is InChI=1S/C17H26N4O2S/c1-5-7-8-18-16(22)14-11(3)13-15(19-10-20-17(13)24-14)21-12(6-2)9-23-4/h10,12H,5-9H2,1-4H3,(H,18,22)(H,19,20,21). The van der Waals surface area contributed by atoms with Crippen molar-refractivity contribution in [2.75, 3.05) is 25.6 Å². The van der Waals surface area contributed by atoms with E-state index in [1.807, 2.05) is 6.92 Å². The first-order valence-corrected chi connectivity index (χ1v) is 9.21. The number of nitrogens with zero attached hydrogens (tertiary/aromatic N) is 2. The summed E-state index contributed by atoms with van der Waals surface area (Å²) >= 11 is 1.42. The molecule has 6 nitrogen and oxygen atoms in total. The minimum atomic E-state index is -0.0289. The van der Waals surface area contributed by atoms with Gasteiger partial charge in [0.15, 0.2) is 0 Å². The van der Waals surface area contributed by atoms with E-state index in [1.165, 1.54) is 11.3 Å². The molecule has 0 fully saturated rings. The molecule has 0 saturated carbocycles. The number of aryl methyl sites for hydroxylation is 1. The molecule has 0 aliphatic rings. The Labute approximate surface area is 147 Å². The Balaban J connectivity index is 2.30. The number of hydrogen-bond acceptors (Lipinski definition) is 6. The van der Waals surface area contributed by atoms with Gasteiger partial charge in [0.05, 0.1) is 22.9 Å². The molecule has 132 valence electrons. The summed E-state index contributed by atoms with van der Waals surface area (Å²) in [7, 11) is 1.69. The third-order valence-electron chi connectivity index (χ3n) is 3.95. The Kier molecular flexibility index (Phi) is 6.93. The van der Waals surface area contributed by atoms with Gasteiger partial charge < -0.3 is 15.4 Å². The number of ether oxygens (including phenoxy) is 1. The molecule has 2 aromatic rings. The van der Waals surface area contributed by atoms with Gasteiger partial charge in [0.2, 0.25) is 0 Å². The largest absolute Gasteiger partial charge is 0.383 e. The van der Waals surface area contributed by atoms with Crippen molar-refractivity contribution in [3.63, 3.8) is 0 Å². The Bertz CT molecular complexity index is 687. The van der Waals surface area contributed by atoms with Gasteiger partial charge in [-0.3, -0.25) is 4.79 Å². The molecular weight excluding hydrogens is 324 g/mol. The second-order valence-corrected chi connectivity index (χ2v) is 6.77. The fourth-order valence-electron chi connectivity index (χ4n) is 2.51. The molecular formula is C17H26N4O2S. The molecule has 0 saturated heterocycles. The van der Waals surface area contributed by atoms with E-state index < -0.39 is 0 Å². The van der Waals surface area contributed by atoms with Crippen molar-refractivity contribution in [2.24, 2.45) is 0 Å². The number of anilines is 1. The van der Waals surface area contributed by atoms with E-state index in [0.29, 0.717) is 18.0 Å². The van der Waals surface area contributed by atoms with Crippen molar-refractivity contribution in [2.45, 2.75) is 46.1 Å². The van der Waals surface area contributed by atoms with Gasteiger partial charge in [0.25, 0.3) is 5.91 Å². The molecule has 1 amide bonds. The zero-order valence-corrected chi connectivity index (χ0v) is 15.6. The van der Waals surface area contributed by atoms with Crippen LogP contribution in [0.2, 0.25) is 0 Å². The van der Waals surface area contributed by atoms with Gasteiger partial charge in [-0.1, -0.05) is 20.3 Å². The molecule has 7 heteroatoms. The van der Waals surface area contributed by atoms with E-state index in [1.54, 1.807) is 13.4 Å². The number of nitrogens with one attached hydrogen (secondary N) is 2. The van der Waals surface area contributed by atoms with Crippen molar-refractivity contribution >= 4 is 33.3 Å². The van der Waals surface area contributed by atoms with E-state index in [4.69, 9.17) is 4.74 Å². The summed E-state index contributed by atoms with van der Waals surface area (Å²) in [6.07, 6.45) is 4.51. The van der Waals surface area contributed by atoms with Crippen molar-refractivity contribution in [3.8, 4) is 0 Å². The predicted octanol–water partition coefficient (Wildman–Crippen LogP) is 3.37. The second kappa shape index (κ2) is 8.94. The number of rotatable bonds is 9. The molecule has 1 atom stereocenters. The average molecular weight is 350 g/mol. The molecule has 0 spiro atoms. The molecule has 0 aliphatic heterocycles. The lowest BCUT2D eigenvalue weighted by Gasteiger charge is -2.17. The van der Waals surface area contributed by atoms with E-state index in [2.05, 4.69) is 34.4 Å². The number of aromatic nitrogens is 2. The molecule has 2 rings (SSSR count). The van der Waals surface area contributed by atoms with Crippen LogP contribution in [0.25, 0.3) is 10.2 Å². The van der Waals surface area contributed by atoms with Crippen LogP contribution in [0.5, 0.6) is 0 Å². The summed E-state index contributed by atoms with van der Waals surface area (Å²) in [6.45, 7) is 7.47. The van der Waals surface area contributed by atoms with Gasteiger partial charge in [-0.05, 0) is 25.3 Å². The number of carbonyl (C=O) groups excluding carboxylic acids is 1. The maximum absolute atomic E-state index is 12.4. The summed E-state index contributed by atoms with van der Waals surface area (Å²) in [5.41, 5.74) is 0.930. The zero-order valence-electron chi connectivity index (χ0n) is 14.8. The van der Waals surface area contributed by atoms with Crippen LogP contribution < -0.4 is 10.6 Å². The normalized spacial score (nSPS) is 12.3. The highest BCUT2D eigenvalue weighted by atomic mass is 32.1. The SMILES string of the molecule is CCCCNC(=O)c1sc2ncnc(NC(CC)COC)c2c1C. The molecule has 0 aliphatic carbocycles. The minimum Gasteiger partial charge on any atom is -0.383 e. The summed E-state index contributed by atoms with van der Waals surface area (Å²) < 4.78 is 5.24. The van der Waals surface area contributed by atoms with Crippen LogP contribution in [0.15, 0.2) is 6.33 Å². The van der Waals surface area contributed by atoms with Crippen LogP contribution in [-0.4, -0.2) is 42.2 Å². The summed E-state index contributed by atoms with van der Waals surface area (Å²) in [6, 6.07) is 0.175. The summed E-state index contributed by atoms with van der Waals surface area (Å²) in [5.74, 6) is 0.740. The lowest BCUT2D eigenvalue weighted by atomic mass is 10.1. The highest BCUT2D eigenvalue weighted by Crippen LogP contribution is 2.33. The van der Waals surface area contributed by atoms with Gasteiger partial charge >= 0.3 is 0 Å². The smallest absolute Gasteiger partial charge is 0.261 e. The summed E-state index contributed by atoms with van der Waals surface area (Å²) in [5, 5.41) is 7.32. The van der Waals surface area contributed by atoms with Crippen LogP contribution in [-0.2, 0) is 4.74 Å². The average Bonchev–Trinajstić information content (AvgIpc) is 2.92. The lowest BCUT2D eigenvalue weighted by Crippen LogP contribution is -2.25. The highest BCUT2D eigenvalue weighted by molar-refractivity contribution is 7.20. The van der Waals surface area contributed by atoms with Crippen LogP contribution in [0.3, 0.4) is 0 Å². The van der Waals surface area contributed by atoms with Crippen molar-refractivity contribution < 1.29 is 9.53 Å². The van der Waals surface area contributed by atoms with Crippen LogP contribution >= 0.6 is 11.3 Å². The fourth-order valence-corrected chi connectivity index (χ4v) is 3.58. The zero-order chi connectivity index (χ0) is 17.5. The monoisotopic (exact) mass is 350 g/mol. The predicted molar refractivity (Wildman–Crippen MR) is 99.0 cm³/mol. The number of hydrogen-bond donors (Lipinski definition) is 2. The van der Waals surface area contributed by atoms with Crippen molar-refractivity contribution in [1.29, 1.82) is 0 Å². The highest BCUT2D eigenvalue weighted by Gasteiger charge is 2.20. The Morgan fingerprint density at radius 2 is 2.17 bits per heavy atom. The number of carbonyl (C=O) groups is 1. The Hall–Kier alpha value is -1.73. The van der Waals surface area contributed by atoms with Crippen LogP contribution in [0.1, 0.15) is 48.3 Å². The second-order valence-electron chi connectivity index (χ2n) is 5.77. The van der Waals surface area contributed by atoms with E-state index >= 15 is 0 Å². The molecule has 2 N–H and O–H groups in total. The van der Waals surface area contributed by atoms with Gasteiger partial charge in [-0.25, -0.2) is 9.97 Å². The lowest BCUT2D eigenvalue weighted by molar-refractivity contribution is 0.0957. The number of methoxy groups -OCH3 is 1. The first-order valence-electron chi connectivity index (χ1n) is 8.40. The van der Waals surface area contributed by atoms with E-state index in [0.717, 1.165) is 40.9 Å². The van der Waals surface area contributed by atoms with Gasteiger partial charge in [0.1, 0.15) is 17.0 Å². The number of fused-ring (bicyclic) bond motifs is 1. The van der Waals surface area contributed by atoms with Gasteiger partial charge in [-0.2, -0.15) is 0 Å². The summed E-state index contributed by atoms with van der Waals surface area (Å²) in [4.78, 5) is 22.7. The molecule has 0 radical (unpaired) electrons. The van der Waals surface area contributed by atoms with Crippen molar-refractivity contribution in [3.05, 3.63) is 16.8 Å². The molecule has 1 unspecified atom stereocenters. The number of amides is 1. The number of unbranched alkanes of at least 4 members (excludes halogenated alkanes) is 1.